The summed E-state index contributed by atoms with van der Waals surface area (Å²) in [6.45, 7) is 4.43. The molecule has 0 saturated heterocycles. The van der Waals surface area contributed by atoms with E-state index in [0.717, 1.165) is 19.0 Å². The SMILES string of the molecule is CCCCN(C(=O)CC)c1cc(-c2nc(Cl)ncc2F)ccn1. The molecule has 23 heavy (non-hydrogen) atoms. The van der Waals surface area contributed by atoms with Gasteiger partial charge in [-0.3, -0.25) is 9.69 Å². The van der Waals surface area contributed by atoms with Gasteiger partial charge in [0.2, 0.25) is 11.2 Å². The number of halogens is 2. The van der Waals surface area contributed by atoms with Gasteiger partial charge in [-0.05, 0) is 30.2 Å². The van der Waals surface area contributed by atoms with Gasteiger partial charge in [0.05, 0.1) is 6.20 Å². The van der Waals surface area contributed by atoms with Gasteiger partial charge in [0.25, 0.3) is 0 Å². The topological polar surface area (TPSA) is 59.0 Å². The fourth-order valence-electron chi connectivity index (χ4n) is 2.14. The third-order valence-electron chi connectivity index (χ3n) is 3.35. The molecule has 0 spiro atoms. The normalized spacial score (nSPS) is 10.6. The Labute approximate surface area is 139 Å². The van der Waals surface area contributed by atoms with E-state index in [9.17, 15) is 9.18 Å². The van der Waals surface area contributed by atoms with Crippen LogP contribution in [0.25, 0.3) is 11.3 Å². The number of carbonyl (C=O) groups is 1. The predicted molar refractivity (Wildman–Crippen MR) is 87.8 cm³/mol. The summed E-state index contributed by atoms with van der Waals surface area (Å²) in [5, 5.41) is -0.0350. The minimum Gasteiger partial charge on any atom is -0.297 e. The van der Waals surface area contributed by atoms with Crippen LogP contribution in [0.2, 0.25) is 5.28 Å². The van der Waals surface area contributed by atoms with Crippen LogP contribution in [0, 0.1) is 5.82 Å². The van der Waals surface area contributed by atoms with E-state index in [2.05, 4.69) is 21.9 Å². The minimum absolute atomic E-state index is 0.0238. The molecule has 0 N–H and O–H groups in total. The maximum absolute atomic E-state index is 13.9. The summed E-state index contributed by atoms with van der Waals surface area (Å²) in [6, 6.07) is 3.27. The van der Waals surface area contributed by atoms with Gasteiger partial charge in [-0.15, -0.1) is 0 Å². The van der Waals surface area contributed by atoms with Crippen molar-refractivity contribution in [3.8, 4) is 11.3 Å². The number of aromatic nitrogens is 3. The summed E-state index contributed by atoms with van der Waals surface area (Å²) in [5.41, 5.74) is 0.593. The maximum atomic E-state index is 13.9. The van der Waals surface area contributed by atoms with Crippen molar-refractivity contribution in [3.05, 3.63) is 35.6 Å². The van der Waals surface area contributed by atoms with Crippen molar-refractivity contribution >= 4 is 23.3 Å². The quantitative estimate of drug-likeness (QED) is 0.751. The first kappa shape index (κ1) is 17.3. The van der Waals surface area contributed by atoms with E-state index in [4.69, 9.17) is 11.6 Å². The molecule has 0 unspecified atom stereocenters. The Balaban J connectivity index is 2.41. The lowest BCUT2D eigenvalue weighted by Gasteiger charge is -2.21. The molecule has 0 aliphatic carbocycles. The average Bonchev–Trinajstić information content (AvgIpc) is 2.57. The largest absolute Gasteiger partial charge is 0.297 e. The lowest BCUT2D eigenvalue weighted by molar-refractivity contribution is -0.118. The number of anilines is 1. The van der Waals surface area contributed by atoms with E-state index < -0.39 is 5.82 Å². The van der Waals surface area contributed by atoms with Crippen LogP contribution in [0.5, 0.6) is 0 Å². The Hall–Kier alpha value is -2.08. The van der Waals surface area contributed by atoms with Crippen molar-refractivity contribution in [2.24, 2.45) is 0 Å². The van der Waals surface area contributed by atoms with Gasteiger partial charge < -0.3 is 0 Å². The number of unbranched alkanes of at least 4 members (excludes halogenated alkanes) is 1. The number of hydrogen-bond acceptors (Lipinski definition) is 4. The summed E-state index contributed by atoms with van der Waals surface area (Å²) in [5.74, 6) is -0.116. The number of nitrogens with zero attached hydrogens (tertiary/aromatic N) is 4. The second-order valence-corrected chi connectivity index (χ2v) is 5.33. The Morgan fingerprint density at radius 3 is 2.83 bits per heavy atom. The summed E-state index contributed by atoms with van der Waals surface area (Å²) in [6.07, 6.45) is 4.76. The zero-order valence-electron chi connectivity index (χ0n) is 13.1. The second-order valence-electron chi connectivity index (χ2n) is 4.99. The molecule has 5 nitrogen and oxygen atoms in total. The summed E-state index contributed by atoms with van der Waals surface area (Å²) in [7, 11) is 0. The van der Waals surface area contributed by atoms with Gasteiger partial charge in [0, 0.05) is 24.7 Å². The fraction of sp³-hybridized carbons (Fsp3) is 0.375. The molecule has 0 aliphatic heterocycles. The lowest BCUT2D eigenvalue weighted by atomic mass is 10.1. The van der Waals surface area contributed by atoms with Crippen molar-refractivity contribution in [3.63, 3.8) is 0 Å². The summed E-state index contributed by atoms with van der Waals surface area (Å²) >= 11 is 5.74. The third-order valence-corrected chi connectivity index (χ3v) is 3.53. The molecular weight excluding hydrogens is 319 g/mol. The highest BCUT2D eigenvalue weighted by atomic mass is 35.5. The van der Waals surface area contributed by atoms with Crippen molar-refractivity contribution < 1.29 is 9.18 Å². The first-order valence-corrected chi connectivity index (χ1v) is 7.89. The molecule has 2 heterocycles. The second kappa shape index (κ2) is 7.97. The molecule has 0 fully saturated rings. The molecule has 2 rings (SSSR count). The summed E-state index contributed by atoms with van der Waals surface area (Å²) < 4.78 is 13.9. The Bertz CT molecular complexity index is 696. The van der Waals surface area contributed by atoms with Crippen LogP contribution in [-0.4, -0.2) is 27.4 Å². The molecule has 0 atom stereocenters. The first-order chi connectivity index (χ1) is 11.1. The molecular formula is C16H18ClFN4O. The van der Waals surface area contributed by atoms with Crippen LogP contribution in [0.3, 0.4) is 0 Å². The minimum atomic E-state index is -0.575. The van der Waals surface area contributed by atoms with Crippen molar-refractivity contribution in [1.29, 1.82) is 0 Å². The van der Waals surface area contributed by atoms with Gasteiger partial charge in [-0.1, -0.05) is 20.3 Å². The van der Waals surface area contributed by atoms with Gasteiger partial charge in [0.1, 0.15) is 11.5 Å². The van der Waals surface area contributed by atoms with Crippen LogP contribution in [-0.2, 0) is 4.79 Å². The van der Waals surface area contributed by atoms with Crippen LogP contribution in [0.4, 0.5) is 10.2 Å². The van der Waals surface area contributed by atoms with E-state index in [1.165, 1.54) is 6.20 Å². The van der Waals surface area contributed by atoms with Gasteiger partial charge in [0.15, 0.2) is 5.82 Å². The average molecular weight is 337 g/mol. The monoisotopic (exact) mass is 336 g/mol. The molecule has 0 bridgehead atoms. The number of carbonyl (C=O) groups excluding carboxylic acids is 1. The van der Waals surface area contributed by atoms with Crippen molar-refractivity contribution in [2.75, 3.05) is 11.4 Å². The zero-order chi connectivity index (χ0) is 16.8. The van der Waals surface area contributed by atoms with Crippen LogP contribution >= 0.6 is 11.6 Å². The highest BCUT2D eigenvalue weighted by Crippen LogP contribution is 2.25. The maximum Gasteiger partial charge on any atom is 0.227 e. The summed E-state index contributed by atoms with van der Waals surface area (Å²) in [4.78, 5) is 25.5. The zero-order valence-corrected chi connectivity index (χ0v) is 13.8. The van der Waals surface area contributed by atoms with Gasteiger partial charge in [-0.2, -0.15) is 0 Å². The predicted octanol–water partition coefficient (Wildman–Crippen LogP) is 3.87. The molecule has 1 amide bonds. The molecule has 2 aromatic rings. The van der Waals surface area contributed by atoms with E-state index in [-0.39, 0.29) is 16.9 Å². The molecule has 2 aromatic heterocycles. The molecule has 0 aliphatic rings. The first-order valence-electron chi connectivity index (χ1n) is 7.51. The van der Waals surface area contributed by atoms with Gasteiger partial charge >= 0.3 is 0 Å². The Morgan fingerprint density at radius 1 is 1.35 bits per heavy atom. The highest BCUT2D eigenvalue weighted by Gasteiger charge is 2.17. The van der Waals surface area contributed by atoms with Crippen LogP contribution in [0.1, 0.15) is 33.1 Å². The van der Waals surface area contributed by atoms with Crippen LogP contribution in [0.15, 0.2) is 24.5 Å². The number of hydrogen-bond donors (Lipinski definition) is 0. The lowest BCUT2D eigenvalue weighted by Crippen LogP contribution is -2.31. The molecule has 0 radical (unpaired) electrons. The number of pyridine rings is 1. The van der Waals surface area contributed by atoms with E-state index in [1.54, 1.807) is 24.0 Å². The fourth-order valence-corrected chi connectivity index (χ4v) is 2.27. The van der Waals surface area contributed by atoms with Crippen molar-refractivity contribution in [1.82, 2.24) is 15.0 Å². The highest BCUT2D eigenvalue weighted by molar-refractivity contribution is 6.28. The van der Waals surface area contributed by atoms with E-state index in [0.29, 0.717) is 24.3 Å². The van der Waals surface area contributed by atoms with Crippen LogP contribution < -0.4 is 4.90 Å². The number of amides is 1. The molecule has 122 valence electrons. The molecule has 0 saturated carbocycles. The third kappa shape index (κ3) is 4.22. The number of rotatable bonds is 6. The molecule has 0 aromatic carbocycles. The van der Waals surface area contributed by atoms with Gasteiger partial charge in [-0.25, -0.2) is 19.3 Å². The Kier molecular flexibility index (Phi) is 5.98. The van der Waals surface area contributed by atoms with E-state index in [1.807, 2.05) is 0 Å². The smallest absolute Gasteiger partial charge is 0.227 e. The van der Waals surface area contributed by atoms with E-state index >= 15 is 0 Å². The molecule has 7 heteroatoms. The standard InChI is InChI=1S/C16H18ClFN4O/c1-3-5-8-22(14(23)4-2)13-9-11(6-7-19-13)15-12(18)10-20-16(17)21-15/h6-7,9-10H,3-5,8H2,1-2H3. The van der Waals surface area contributed by atoms with Crippen molar-refractivity contribution in [2.45, 2.75) is 33.1 Å². The Morgan fingerprint density at radius 2 is 2.13 bits per heavy atom.